The number of aryl methyl sites for hydroxylation is 3. The van der Waals surface area contributed by atoms with E-state index in [2.05, 4.69) is 44.6 Å². The molecule has 7 heteroatoms. The summed E-state index contributed by atoms with van der Waals surface area (Å²) in [5.41, 5.74) is 4.79. The number of amides is 1. The van der Waals surface area contributed by atoms with Crippen LogP contribution in [0.4, 0.5) is 11.6 Å². The molecule has 0 aliphatic carbocycles. The topological polar surface area (TPSA) is 79.4 Å². The molecule has 0 radical (unpaired) electrons. The predicted octanol–water partition coefficient (Wildman–Crippen LogP) is 2.21. The number of morpholine rings is 1. The molecule has 3 rings (SSSR count). The first-order valence-corrected chi connectivity index (χ1v) is 9.29. The first-order valence-electron chi connectivity index (χ1n) is 9.29. The van der Waals surface area contributed by atoms with Gasteiger partial charge in [0.05, 0.1) is 13.2 Å². The number of nitrogens with one attached hydrogen (secondary N) is 2. The van der Waals surface area contributed by atoms with Crippen molar-refractivity contribution in [1.29, 1.82) is 0 Å². The van der Waals surface area contributed by atoms with Gasteiger partial charge >= 0.3 is 0 Å². The molecule has 1 aromatic heterocycles. The maximum atomic E-state index is 12.4. The highest BCUT2D eigenvalue weighted by Gasteiger charge is 2.13. The molecule has 1 aromatic carbocycles. The van der Waals surface area contributed by atoms with Crippen LogP contribution in [-0.2, 0) is 4.74 Å². The third-order valence-corrected chi connectivity index (χ3v) is 4.62. The van der Waals surface area contributed by atoms with Gasteiger partial charge in [0, 0.05) is 38.1 Å². The van der Waals surface area contributed by atoms with Crippen LogP contribution in [-0.4, -0.2) is 60.2 Å². The number of benzene rings is 1. The Hall–Kier alpha value is -2.51. The predicted molar refractivity (Wildman–Crippen MR) is 106 cm³/mol. The van der Waals surface area contributed by atoms with E-state index in [4.69, 9.17) is 4.74 Å². The van der Waals surface area contributed by atoms with E-state index in [1.807, 2.05) is 13.8 Å². The fourth-order valence-corrected chi connectivity index (χ4v) is 3.28. The van der Waals surface area contributed by atoms with E-state index in [0.717, 1.165) is 49.7 Å². The minimum absolute atomic E-state index is 0.189. The SMILES string of the molecule is Cc1cc(C)c(Nc2nccc(C(=O)NCCN3CCOCC3)n2)c(C)c1. The molecule has 27 heavy (non-hydrogen) atoms. The molecule has 1 aliphatic rings. The van der Waals surface area contributed by atoms with Crippen molar-refractivity contribution in [3.8, 4) is 0 Å². The maximum absolute atomic E-state index is 12.4. The lowest BCUT2D eigenvalue weighted by Crippen LogP contribution is -2.41. The second-order valence-electron chi connectivity index (χ2n) is 6.87. The van der Waals surface area contributed by atoms with Gasteiger partial charge in [-0.15, -0.1) is 0 Å². The van der Waals surface area contributed by atoms with Crippen LogP contribution in [0, 0.1) is 20.8 Å². The van der Waals surface area contributed by atoms with Gasteiger partial charge in [-0.1, -0.05) is 17.7 Å². The fraction of sp³-hybridized carbons (Fsp3) is 0.450. The van der Waals surface area contributed by atoms with Crippen LogP contribution in [0.3, 0.4) is 0 Å². The Balaban J connectivity index is 1.60. The lowest BCUT2D eigenvalue weighted by molar-refractivity contribution is 0.0383. The summed E-state index contributed by atoms with van der Waals surface area (Å²) in [5, 5.41) is 6.17. The van der Waals surface area contributed by atoms with E-state index in [-0.39, 0.29) is 5.91 Å². The third kappa shape index (κ3) is 5.24. The van der Waals surface area contributed by atoms with Crippen LogP contribution in [0.5, 0.6) is 0 Å². The smallest absolute Gasteiger partial charge is 0.270 e. The average molecular weight is 369 g/mol. The number of carbonyl (C=O) groups excluding carboxylic acids is 1. The number of ether oxygens (including phenoxy) is 1. The highest BCUT2D eigenvalue weighted by atomic mass is 16.5. The molecule has 0 saturated carbocycles. The van der Waals surface area contributed by atoms with Gasteiger partial charge in [-0.2, -0.15) is 0 Å². The summed E-state index contributed by atoms with van der Waals surface area (Å²) < 4.78 is 5.33. The molecular weight excluding hydrogens is 342 g/mol. The molecule has 0 atom stereocenters. The maximum Gasteiger partial charge on any atom is 0.270 e. The molecule has 1 fully saturated rings. The van der Waals surface area contributed by atoms with Crippen LogP contribution < -0.4 is 10.6 Å². The molecule has 1 aliphatic heterocycles. The molecule has 0 bridgehead atoms. The second kappa shape index (κ2) is 8.92. The lowest BCUT2D eigenvalue weighted by atomic mass is 10.1. The Bertz CT molecular complexity index is 780. The first kappa shape index (κ1) is 19.3. The van der Waals surface area contributed by atoms with Crippen molar-refractivity contribution < 1.29 is 9.53 Å². The van der Waals surface area contributed by atoms with Crippen molar-refractivity contribution in [2.24, 2.45) is 0 Å². The number of rotatable bonds is 6. The average Bonchev–Trinajstić information content (AvgIpc) is 2.66. The standard InChI is InChI=1S/C20H27N5O2/c1-14-12-15(2)18(16(3)13-14)24-20-22-5-4-17(23-20)19(26)21-6-7-25-8-10-27-11-9-25/h4-5,12-13H,6-11H2,1-3H3,(H,21,26)(H,22,23,24). The van der Waals surface area contributed by atoms with Crippen molar-refractivity contribution in [2.75, 3.05) is 44.7 Å². The summed E-state index contributed by atoms with van der Waals surface area (Å²) in [6.07, 6.45) is 1.60. The van der Waals surface area contributed by atoms with Gasteiger partial charge in [0.2, 0.25) is 5.95 Å². The van der Waals surface area contributed by atoms with Crippen molar-refractivity contribution >= 4 is 17.5 Å². The number of carbonyl (C=O) groups is 1. The lowest BCUT2D eigenvalue weighted by Gasteiger charge is -2.26. The quantitative estimate of drug-likeness (QED) is 0.813. The minimum Gasteiger partial charge on any atom is -0.379 e. The summed E-state index contributed by atoms with van der Waals surface area (Å²) in [6.45, 7) is 10.9. The summed E-state index contributed by atoms with van der Waals surface area (Å²) in [5.74, 6) is 0.233. The Kier molecular flexibility index (Phi) is 6.36. The second-order valence-corrected chi connectivity index (χ2v) is 6.87. The molecule has 144 valence electrons. The molecular formula is C20H27N5O2. The monoisotopic (exact) mass is 369 g/mol. The third-order valence-electron chi connectivity index (χ3n) is 4.62. The van der Waals surface area contributed by atoms with Crippen LogP contribution in [0.1, 0.15) is 27.2 Å². The van der Waals surface area contributed by atoms with Crippen molar-refractivity contribution in [2.45, 2.75) is 20.8 Å². The minimum atomic E-state index is -0.189. The fourth-order valence-electron chi connectivity index (χ4n) is 3.28. The summed E-state index contributed by atoms with van der Waals surface area (Å²) in [6, 6.07) is 5.85. The van der Waals surface area contributed by atoms with E-state index in [0.29, 0.717) is 18.2 Å². The van der Waals surface area contributed by atoms with Gasteiger partial charge in [-0.25, -0.2) is 9.97 Å². The number of aromatic nitrogens is 2. The Morgan fingerprint density at radius 3 is 2.59 bits per heavy atom. The largest absolute Gasteiger partial charge is 0.379 e. The van der Waals surface area contributed by atoms with E-state index < -0.39 is 0 Å². The van der Waals surface area contributed by atoms with E-state index in [9.17, 15) is 4.79 Å². The number of nitrogens with zero attached hydrogens (tertiary/aromatic N) is 3. The van der Waals surface area contributed by atoms with E-state index in [1.165, 1.54) is 5.56 Å². The van der Waals surface area contributed by atoms with Crippen molar-refractivity contribution in [3.63, 3.8) is 0 Å². The molecule has 7 nitrogen and oxygen atoms in total. The molecule has 2 aromatic rings. The van der Waals surface area contributed by atoms with Crippen LogP contribution in [0.25, 0.3) is 0 Å². The molecule has 2 heterocycles. The van der Waals surface area contributed by atoms with Gasteiger partial charge in [0.1, 0.15) is 5.69 Å². The number of hydrogen-bond acceptors (Lipinski definition) is 6. The highest BCUT2D eigenvalue weighted by Crippen LogP contribution is 2.24. The van der Waals surface area contributed by atoms with Crippen LogP contribution in [0.2, 0.25) is 0 Å². The summed E-state index contributed by atoms with van der Waals surface area (Å²) in [7, 11) is 0. The van der Waals surface area contributed by atoms with Gasteiger partial charge in [0.15, 0.2) is 0 Å². The van der Waals surface area contributed by atoms with Crippen LogP contribution >= 0.6 is 0 Å². The molecule has 0 spiro atoms. The highest BCUT2D eigenvalue weighted by molar-refractivity contribution is 5.92. The molecule has 0 unspecified atom stereocenters. The van der Waals surface area contributed by atoms with Crippen molar-refractivity contribution in [3.05, 3.63) is 46.8 Å². The number of hydrogen-bond donors (Lipinski definition) is 2. The summed E-state index contributed by atoms with van der Waals surface area (Å²) >= 11 is 0. The Morgan fingerprint density at radius 1 is 1.19 bits per heavy atom. The van der Waals surface area contributed by atoms with E-state index in [1.54, 1.807) is 12.3 Å². The number of anilines is 2. The normalized spacial score (nSPS) is 14.8. The van der Waals surface area contributed by atoms with Gasteiger partial charge in [0.25, 0.3) is 5.91 Å². The first-order chi connectivity index (χ1) is 13.0. The van der Waals surface area contributed by atoms with Gasteiger partial charge < -0.3 is 15.4 Å². The molecule has 2 N–H and O–H groups in total. The zero-order valence-electron chi connectivity index (χ0n) is 16.2. The van der Waals surface area contributed by atoms with Crippen LogP contribution in [0.15, 0.2) is 24.4 Å². The zero-order chi connectivity index (χ0) is 19.2. The molecule has 1 amide bonds. The zero-order valence-corrected chi connectivity index (χ0v) is 16.2. The summed E-state index contributed by atoms with van der Waals surface area (Å²) in [4.78, 5) is 23.3. The Morgan fingerprint density at radius 2 is 1.89 bits per heavy atom. The van der Waals surface area contributed by atoms with Gasteiger partial charge in [-0.3, -0.25) is 9.69 Å². The van der Waals surface area contributed by atoms with Crippen molar-refractivity contribution in [1.82, 2.24) is 20.2 Å². The van der Waals surface area contributed by atoms with E-state index >= 15 is 0 Å². The van der Waals surface area contributed by atoms with Gasteiger partial charge in [-0.05, 0) is 38.0 Å². The Labute approximate surface area is 160 Å². The molecule has 1 saturated heterocycles.